The molecule has 108 valence electrons. The van der Waals surface area contributed by atoms with Gasteiger partial charge in [-0.3, -0.25) is 9.36 Å². The second-order valence-corrected chi connectivity index (χ2v) is 6.82. The quantitative estimate of drug-likeness (QED) is 0.886. The van der Waals surface area contributed by atoms with Crippen molar-refractivity contribution in [3.8, 4) is 0 Å². The maximum Gasteiger partial charge on any atom is 0.263 e. The van der Waals surface area contributed by atoms with Crippen molar-refractivity contribution < 1.29 is 4.74 Å². The minimum Gasteiger partial charge on any atom is -0.383 e. The van der Waals surface area contributed by atoms with E-state index in [1.807, 2.05) is 6.92 Å². The van der Waals surface area contributed by atoms with Crippen LogP contribution < -0.4 is 5.56 Å². The molecule has 0 amide bonds. The third-order valence-corrected chi connectivity index (χ3v) is 5.40. The summed E-state index contributed by atoms with van der Waals surface area (Å²) in [7, 11) is 1.64. The first-order valence-electron chi connectivity index (χ1n) is 6.91. The van der Waals surface area contributed by atoms with E-state index in [2.05, 4.69) is 4.98 Å². The van der Waals surface area contributed by atoms with Crippen molar-refractivity contribution in [1.82, 2.24) is 9.55 Å². The molecule has 6 heteroatoms. The van der Waals surface area contributed by atoms with Gasteiger partial charge in [0.2, 0.25) is 0 Å². The van der Waals surface area contributed by atoms with Crippen LogP contribution >= 0.6 is 23.6 Å². The van der Waals surface area contributed by atoms with Crippen LogP contribution in [0.5, 0.6) is 0 Å². The van der Waals surface area contributed by atoms with Gasteiger partial charge in [0.05, 0.1) is 18.0 Å². The van der Waals surface area contributed by atoms with E-state index in [1.165, 1.54) is 23.3 Å². The number of ether oxygens (including phenoxy) is 1. The van der Waals surface area contributed by atoms with Crippen LogP contribution in [0.1, 0.15) is 36.2 Å². The normalized spacial score (nSPS) is 16.3. The van der Waals surface area contributed by atoms with Crippen molar-refractivity contribution in [3.05, 3.63) is 25.6 Å². The Balaban J connectivity index is 2.28. The number of aromatic nitrogens is 2. The summed E-state index contributed by atoms with van der Waals surface area (Å²) in [4.78, 5) is 18.4. The Morgan fingerprint density at radius 2 is 2.20 bits per heavy atom. The number of thiophene rings is 1. The van der Waals surface area contributed by atoms with Crippen LogP contribution in [0.3, 0.4) is 0 Å². The maximum atomic E-state index is 12.8. The average Bonchev–Trinajstić information content (AvgIpc) is 2.76. The van der Waals surface area contributed by atoms with Gasteiger partial charge in [0, 0.05) is 12.0 Å². The number of rotatable bonds is 3. The summed E-state index contributed by atoms with van der Waals surface area (Å²) in [5, 5.41) is 0.848. The van der Waals surface area contributed by atoms with E-state index in [0.29, 0.717) is 11.4 Å². The molecule has 2 aromatic heterocycles. The first kappa shape index (κ1) is 14.0. The Kier molecular flexibility index (Phi) is 3.79. The summed E-state index contributed by atoms with van der Waals surface area (Å²) in [6, 6.07) is -0.0557. The van der Waals surface area contributed by atoms with Crippen molar-refractivity contribution in [3.63, 3.8) is 0 Å². The molecule has 1 N–H and O–H groups in total. The van der Waals surface area contributed by atoms with Gasteiger partial charge in [0.1, 0.15) is 4.83 Å². The minimum absolute atomic E-state index is 0.0349. The molecule has 1 unspecified atom stereocenters. The zero-order valence-corrected chi connectivity index (χ0v) is 13.3. The fraction of sp³-hybridized carbons (Fsp3) is 0.571. The van der Waals surface area contributed by atoms with Crippen LogP contribution in [0.2, 0.25) is 0 Å². The highest BCUT2D eigenvalue weighted by Gasteiger charge is 2.21. The summed E-state index contributed by atoms with van der Waals surface area (Å²) in [6.07, 6.45) is 4.48. The Morgan fingerprint density at radius 3 is 2.95 bits per heavy atom. The van der Waals surface area contributed by atoms with Crippen molar-refractivity contribution in [1.29, 1.82) is 0 Å². The molecule has 2 aromatic rings. The molecular formula is C14H18N2O2S2. The highest BCUT2D eigenvalue weighted by molar-refractivity contribution is 7.71. The summed E-state index contributed by atoms with van der Waals surface area (Å²) in [5.41, 5.74) is 1.28. The van der Waals surface area contributed by atoms with E-state index in [1.54, 1.807) is 23.0 Å². The zero-order valence-electron chi connectivity index (χ0n) is 11.7. The number of hydrogen-bond donors (Lipinski definition) is 1. The lowest BCUT2D eigenvalue weighted by Gasteiger charge is -2.15. The molecule has 0 radical (unpaired) electrons. The minimum atomic E-state index is -0.0557. The Morgan fingerprint density at radius 1 is 1.45 bits per heavy atom. The van der Waals surface area contributed by atoms with E-state index in [4.69, 9.17) is 17.0 Å². The zero-order chi connectivity index (χ0) is 14.3. The van der Waals surface area contributed by atoms with Gasteiger partial charge in [0.25, 0.3) is 5.56 Å². The number of nitrogens with one attached hydrogen (secondary N) is 1. The van der Waals surface area contributed by atoms with Crippen molar-refractivity contribution in [2.45, 2.75) is 38.6 Å². The molecule has 4 nitrogen and oxygen atoms in total. The maximum absolute atomic E-state index is 12.8. The van der Waals surface area contributed by atoms with E-state index in [-0.39, 0.29) is 11.6 Å². The number of nitrogens with zero attached hydrogens (tertiary/aromatic N) is 1. The van der Waals surface area contributed by atoms with Crippen molar-refractivity contribution >= 4 is 33.8 Å². The molecule has 0 spiro atoms. The van der Waals surface area contributed by atoms with E-state index in [9.17, 15) is 4.79 Å². The summed E-state index contributed by atoms with van der Waals surface area (Å²) >= 11 is 7.05. The van der Waals surface area contributed by atoms with Crippen molar-refractivity contribution in [2.75, 3.05) is 13.7 Å². The van der Waals surface area contributed by atoms with Crippen LogP contribution in [0, 0.1) is 4.77 Å². The third-order valence-electron chi connectivity index (χ3n) is 3.89. The largest absolute Gasteiger partial charge is 0.383 e. The molecule has 0 saturated heterocycles. The standard InChI is InChI=1S/C14H18N2O2S2/c1-8(7-18-2)16-13(17)11-9-5-3-4-6-10(9)20-12(11)15-14(16)19/h8H,3-7H2,1-2H3,(H,15,19). The Bertz CT molecular complexity index is 757. The van der Waals surface area contributed by atoms with Gasteiger partial charge in [-0.25, -0.2) is 0 Å². The predicted molar refractivity (Wildman–Crippen MR) is 84.5 cm³/mol. The number of methoxy groups -OCH3 is 1. The highest BCUT2D eigenvalue weighted by atomic mass is 32.1. The second-order valence-electron chi connectivity index (χ2n) is 5.32. The molecule has 1 aliphatic carbocycles. The smallest absolute Gasteiger partial charge is 0.263 e. The molecule has 0 bridgehead atoms. The molecular weight excluding hydrogens is 292 g/mol. The molecule has 2 heterocycles. The Hall–Kier alpha value is -0.980. The lowest BCUT2D eigenvalue weighted by Crippen LogP contribution is -2.27. The van der Waals surface area contributed by atoms with E-state index < -0.39 is 0 Å². The van der Waals surface area contributed by atoms with Crippen molar-refractivity contribution in [2.24, 2.45) is 0 Å². The van der Waals surface area contributed by atoms with E-state index >= 15 is 0 Å². The van der Waals surface area contributed by atoms with Gasteiger partial charge in [-0.05, 0) is 50.4 Å². The van der Waals surface area contributed by atoms with Gasteiger partial charge in [-0.1, -0.05) is 0 Å². The molecule has 3 rings (SSSR count). The van der Waals surface area contributed by atoms with Gasteiger partial charge in [-0.15, -0.1) is 11.3 Å². The molecule has 0 saturated carbocycles. The molecule has 1 atom stereocenters. The van der Waals surface area contributed by atoms with E-state index in [0.717, 1.165) is 23.1 Å². The number of H-pyrrole nitrogens is 1. The first-order chi connectivity index (χ1) is 9.63. The topological polar surface area (TPSA) is 47.0 Å². The summed E-state index contributed by atoms with van der Waals surface area (Å²) in [5.74, 6) is 0. The molecule has 0 aromatic carbocycles. The van der Waals surface area contributed by atoms with Crippen LogP contribution in [0.25, 0.3) is 10.2 Å². The first-order valence-corrected chi connectivity index (χ1v) is 8.14. The number of aryl methyl sites for hydroxylation is 2. The van der Waals surface area contributed by atoms with Gasteiger partial charge < -0.3 is 9.72 Å². The lowest BCUT2D eigenvalue weighted by molar-refractivity contribution is 0.160. The van der Waals surface area contributed by atoms with Gasteiger partial charge in [0.15, 0.2) is 4.77 Å². The molecule has 0 aliphatic heterocycles. The average molecular weight is 310 g/mol. The fourth-order valence-corrected chi connectivity index (χ4v) is 4.68. The van der Waals surface area contributed by atoms with Crippen LogP contribution in [0.15, 0.2) is 4.79 Å². The number of fused-ring (bicyclic) bond motifs is 3. The second kappa shape index (κ2) is 5.42. The highest BCUT2D eigenvalue weighted by Crippen LogP contribution is 2.33. The SMILES string of the molecule is COCC(C)n1c(=S)[nH]c2sc3c(c2c1=O)CCCC3. The molecule has 20 heavy (non-hydrogen) atoms. The predicted octanol–water partition coefficient (Wildman–Crippen LogP) is 3.21. The monoisotopic (exact) mass is 310 g/mol. The Labute approximate surface area is 126 Å². The van der Waals surface area contributed by atoms with Crippen LogP contribution in [-0.2, 0) is 17.6 Å². The summed E-state index contributed by atoms with van der Waals surface area (Å²) in [6.45, 7) is 2.44. The van der Waals surface area contributed by atoms with Gasteiger partial charge in [-0.2, -0.15) is 0 Å². The van der Waals surface area contributed by atoms with Gasteiger partial charge >= 0.3 is 0 Å². The molecule has 0 fully saturated rings. The number of aromatic amines is 1. The lowest BCUT2D eigenvalue weighted by atomic mass is 9.97. The third kappa shape index (κ3) is 2.16. The fourth-order valence-electron chi connectivity index (χ4n) is 2.97. The summed E-state index contributed by atoms with van der Waals surface area (Å²) < 4.78 is 7.30. The molecule has 1 aliphatic rings. The van der Waals surface area contributed by atoms with Crippen LogP contribution in [0.4, 0.5) is 0 Å². The van der Waals surface area contributed by atoms with Crippen LogP contribution in [-0.4, -0.2) is 23.3 Å². The number of hydrogen-bond acceptors (Lipinski definition) is 4.